The molecule has 4 rings (SSSR count). The van der Waals surface area contributed by atoms with Crippen molar-refractivity contribution in [2.75, 3.05) is 36.9 Å². The van der Waals surface area contributed by atoms with Crippen LogP contribution in [-0.4, -0.2) is 61.8 Å². The number of nitrogens with zero attached hydrogens (tertiary/aromatic N) is 5. The van der Waals surface area contributed by atoms with Crippen molar-refractivity contribution >= 4 is 34.6 Å². The highest BCUT2D eigenvalue weighted by Crippen LogP contribution is 2.23. The number of thiocarbonyl (C=S) groups is 1. The van der Waals surface area contributed by atoms with Gasteiger partial charge in [0.1, 0.15) is 5.69 Å². The molecule has 9 nitrogen and oxygen atoms in total. The van der Waals surface area contributed by atoms with Crippen LogP contribution in [0.4, 0.5) is 11.4 Å². The van der Waals surface area contributed by atoms with Crippen LogP contribution in [0.3, 0.4) is 0 Å². The number of aryl methyl sites for hydroxylation is 3. The Hall–Kier alpha value is -3.24. The van der Waals surface area contributed by atoms with Crippen molar-refractivity contribution in [3.05, 3.63) is 58.7 Å². The minimum Gasteiger partial charge on any atom is -0.378 e. The van der Waals surface area contributed by atoms with Crippen molar-refractivity contribution in [3.63, 3.8) is 0 Å². The summed E-state index contributed by atoms with van der Waals surface area (Å²) in [4.78, 5) is 15.0. The van der Waals surface area contributed by atoms with Crippen LogP contribution < -0.4 is 10.6 Å². The molecule has 0 atom stereocenters. The number of rotatable bonds is 6. The van der Waals surface area contributed by atoms with Crippen LogP contribution >= 0.6 is 12.2 Å². The van der Waals surface area contributed by atoms with E-state index in [-0.39, 0.29) is 5.91 Å². The van der Waals surface area contributed by atoms with Gasteiger partial charge in [-0.25, -0.2) is 0 Å². The van der Waals surface area contributed by atoms with Gasteiger partial charge < -0.3 is 20.3 Å². The van der Waals surface area contributed by atoms with Crippen LogP contribution in [0.1, 0.15) is 39.9 Å². The maximum absolute atomic E-state index is 13.2. The summed E-state index contributed by atoms with van der Waals surface area (Å²) in [6, 6.07) is 8.29. The van der Waals surface area contributed by atoms with Gasteiger partial charge in [0, 0.05) is 19.6 Å². The average molecular weight is 482 g/mol. The number of hydrogen-bond acceptors (Lipinski definition) is 5. The number of ether oxygens (including phenoxy) is 1. The summed E-state index contributed by atoms with van der Waals surface area (Å²) in [5.41, 5.74) is 6.22. The summed E-state index contributed by atoms with van der Waals surface area (Å²) >= 11 is 5.60. The minimum atomic E-state index is -0.0774. The molecule has 1 amide bonds. The zero-order valence-corrected chi connectivity index (χ0v) is 20.9. The SMILES string of the molecule is CCn1ncc(NC(=S)Nc2c(C)nn(Cc3ccccc3C)c2C)c1C(=O)N1CCOCC1. The fraction of sp³-hybridized carbons (Fsp3) is 0.417. The number of benzene rings is 1. The molecule has 180 valence electrons. The van der Waals surface area contributed by atoms with Gasteiger partial charge in [-0.2, -0.15) is 10.2 Å². The Morgan fingerprint density at radius 1 is 1.12 bits per heavy atom. The molecule has 1 aromatic carbocycles. The van der Waals surface area contributed by atoms with Gasteiger partial charge in [-0.1, -0.05) is 24.3 Å². The first-order valence-corrected chi connectivity index (χ1v) is 11.9. The Balaban J connectivity index is 1.50. The van der Waals surface area contributed by atoms with Crippen LogP contribution in [0.15, 0.2) is 30.5 Å². The highest BCUT2D eigenvalue weighted by atomic mass is 32.1. The van der Waals surface area contributed by atoms with Gasteiger partial charge in [0.15, 0.2) is 5.11 Å². The first-order chi connectivity index (χ1) is 16.4. The molecule has 1 aliphatic rings. The first kappa shape index (κ1) is 23.9. The van der Waals surface area contributed by atoms with Crippen LogP contribution in [0, 0.1) is 20.8 Å². The van der Waals surface area contributed by atoms with E-state index < -0.39 is 0 Å². The second-order valence-corrected chi connectivity index (χ2v) is 8.74. The molecular weight excluding hydrogens is 450 g/mol. The van der Waals surface area contributed by atoms with E-state index in [2.05, 4.69) is 34.8 Å². The maximum Gasteiger partial charge on any atom is 0.274 e. The minimum absolute atomic E-state index is 0.0774. The topological polar surface area (TPSA) is 89.2 Å². The standard InChI is InChI=1S/C24H31N7O2S/c1-5-30-22(23(32)29-10-12-33-13-11-29)20(14-25-30)26-24(34)27-21-17(3)28-31(18(21)4)15-19-9-7-6-8-16(19)2/h6-9,14H,5,10-13,15H2,1-4H3,(H2,26,27,34). The lowest BCUT2D eigenvalue weighted by Gasteiger charge is -2.27. The predicted molar refractivity (Wildman–Crippen MR) is 136 cm³/mol. The van der Waals surface area contributed by atoms with Gasteiger partial charge in [0.05, 0.1) is 48.7 Å². The van der Waals surface area contributed by atoms with Gasteiger partial charge in [-0.05, 0) is 51.0 Å². The zero-order chi connectivity index (χ0) is 24.2. The van der Waals surface area contributed by atoms with E-state index in [9.17, 15) is 4.79 Å². The molecule has 1 aliphatic heterocycles. The second-order valence-electron chi connectivity index (χ2n) is 8.34. The number of morpholine rings is 1. The fourth-order valence-corrected chi connectivity index (χ4v) is 4.32. The third-order valence-corrected chi connectivity index (χ3v) is 6.29. The van der Waals surface area contributed by atoms with Gasteiger partial charge in [-0.3, -0.25) is 14.2 Å². The number of aromatic nitrogens is 4. The van der Waals surface area contributed by atoms with Gasteiger partial charge in [0.2, 0.25) is 0 Å². The molecule has 0 aliphatic carbocycles. The van der Waals surface area contributed by atoms with Gasteiger partial charge in [-0.15, -0.1) is 0 Å². The van der Waals surface area contributed by atoms with E-state index in [4.69, 9.17) is 22.1 Å². The van der Waals surface area contributed by atoms with Crippen LogP contribution in [0.2, 0.25) is 0 Å². The van der Waals surface area contributed by atoms with Crippen molar-refractivity contribution in [2.45, 2.75) is 40.8 Å². The Bertz CT molecular complexity index is 1190. The molecule has 0 radical (unpaired) electrons. The van der Waals surface area contributed by atoms with E-state index in [1.165, 1.54) is 11.1 Å². The van der Waals surface area contributed by atoms with E-state index in [1.807, 2.05) is 37.6 Å². The Labute approximate surface area is 205 Å². The Kier molecular flexibility index (Phi) is 7.28. The molecule has 1 saturated heterocycles. The number of nitrogens with one attached hydrogen (secondary N) is 2. The number of hydrogen-bond donors (Lipinski definition) is 2. The predicted octanol–water partition coefficient (Wildman–Crippen LogP) is 3.35. The molecule has 0 spiro atoms. The number of carbonyl (C=O) groups is 1. The number of anilines is 2. The first-order valence-electron chi connectivity index (χ1n) is 11.5. The summed E-state index contributed by atoms with van der Waals surface area (Å²) in [5.74, 6) is -0.0774. The maximum atomic E-state index is 13.2. The summed E-state index contributed by atoms with van der Waals surface area (Å²) in [5, 5.41) is 15.9. The largest absolute Gasteiger partial charge is 0.378 e. The number of carbonyl (C=O) groups excluding carboxylic acids is 1. The van der Waals surface area contributed by atoms with Crippen molar-refractivity contribution in [2.24, 2.45) is 0 Å². The van der Waals surface area contributed by atoms with E-state index in [1.54, 1.807) is 15.8 Å². The lowest BCUT2D eigenvalue weighted by Crippen LogP contribution is -2.41. The van der Waals surface area contributed by atoms with Crippen LogP contribution in [-0.2, 0) is 17.8 Å². The van der Waals surface area contributed by atoms with Gasteiger partial charge >= 0.3 is 0 Å². The Morgan fingerprint density at radius 3 is 2.56 bits per heavy atom. The smallest absolute Gasteiger partial charge is 0.274 e. The normalized spacial score (nSPS) is 13.7. The molecule has 3 aromatic rings. The van der Waals surface area contributed by atoms with E-state index in [0.29, 0.717) is 55.9 Å². The van der Waals surface area contributed by atoms with Crippen LogP contribution in [0.25, 0.3) is 0 Å². The lowest BCUT2D eigenvalue weighted by molar-refractivity contribution is 0.0295. The molecule has 0 bridgehead atoms. The highest BCUT2D eigenvalue weighted by molar-refractivity contribution is 7.80. The average Bonchev–Trinajstić information content (AvgIpc) is 3.36. The molecule has 2 N–H and O–H groups in total. The molecule has 1 fully saturated rings. The summed E-state index contributed by atoms with van der Waals surface area (Å²) in [6.07, 6.45) is 1.65. The van der Waals surface area contributed by atoms with Crippen molar-refractivity contribution < 1.29 is 9.53 Å². The molecule has 2 aromatic heterocycles. The molecule has 3 heterocycles. The van der Waals surface area contributed by atoms with E-state index >= 15 is 0 Å². The lowest BCUT2D eigenvalue weighted by atomic mass is 10.1. The summed E-state index contributed by atoms with van der Waals surface area (Å²) in [6.45, 7) is 11.5. The van der Waals surface area contributed by atoms with E-state index in [0.717, 1.165) is 17.1 Å². The van der Waals surface area contributed by atoms with Crippen LogP contribution in [0.5, 0.6) is 0 Å². The fourth-order valence-electron chi connectivity index (χ4n) is 4.11. The number of amides is 1. The molecule has 0 unspecified atom stereocenters. The van der Waals surface area contributed by atoms with Gasteiger partial charge in [0.25, 0.3) is 5.91 Å². The summed E-state index contributed by atoms with van der Waals surface area (Å²) < 4.78 is 9.05. The third kappa shape index (κ3) is 4.97. The van der Waals surface area contributed by atoms with Crippen molar-refractivity contribution in [3.8, 4) is 0 Å². The zero-order valence-electron chi connectivity index (χ0n) is 20.1. The second kappa shape index (κ2) is 10.4. The third-order valence-electron chi connectivity index (χ3n) is 6.09. The monoisotopic (exact) mass is 481 g/mol. The summed E-state index contributed by atoms with van der Waals surface area (Å²) in [7, 11) is 0. The quantitative estimate of drug-likeness (QED) is 0.522. The molecule has 0 saturated carbocycles. The van der Waals surface area contributed by atoms with Crippen molar-refractivity contribution in [1.29, 1.82) is 0 Å². The molecule has 34 heavy (non-hydrogen) atoms. The van der Waals surface area contributed by atoms with Crippen molar-refractivity contribution in [1.82, 2.24) is 24.5 Å². The molecular formula is C24H31N7O2S. The molecule has 10 heteroatoms. The highest BCUT2D eigenvalue weighted by Gasteiger charge is 2.26. The Morgan fingerprint density at radius 2 is 1.85 bits per heavy atom.